The first-order valence-electron chi connectivity index (χ1n) is 8.54. The maximum atomic E-state index is 12.9. The van der Waals surface area contributed by atoms with E-state index >= 15 is 0 Å². The van der Waals surface area contributed by atoms with Crippen molar-refractivity contribution >= 4 is 50.7 Å². The van der Waals surface area contributed by atoms with Gasteiger partial charge in [-0.15, -0.1) is 11.8 Å². The van der Waals surface area contributed by atoms with Gasteiger partial charge in [0.15, 0.2) is 0 Å². The lowest BCUT2D eigenvalue weighted by molar-refractivity contribution is -0.116. The summed E-state index contributed by atoms with van der Waals surface area (Å²) in [5.41, 5.74) is 0.842. The van der Waals surface area contributed by atoms with Crippen LogP contribution in [0.15, 0.2) is 47.4 Å². The number of thioether (sulfide) groups is 1. The quantitative estimate of drug-likeness (QED) is 0.618. The van der Waals surface area contributed by atoms with Gasteiger partial charge in [0, 0.05) is 9.92 Å². The molecule has 2 aromatic carbocycles. The zero-order valence-electron chi connectivity index (χ0n) is 16.1. The Morgan fingerprint density at radius 2 is 1.96 bits per heavy atom. The molecule has 0 aliphatic rings. The number of sulfonamides is 1. The molecule has 0 spiro atoms. The molecular weight excluding hydrogens is 420 g/mol. The van der Waals surface area contributed by atoms with Crippen LogP contribution in [0.5, 0.6) is 5.75 Å². The highest BCUT2D eigenvalue weighted by atomic mass is 35.5. The molecule has 1 amide bonds. The molecule has 0 saturated carbocycles. The summed E-state index contributed by atoms with van der Waals surface area (Å²) in [6, 6.07) is 11.0. The smallest absolute Gasteiger partial charge is 0.248 e. The molecule has 0 saturated heterocycles. The summed E-state index contributed by atoms with van der Waals surface area (Å²) in [5.74, 6) is 0.686. The molecule has 1 N–H and O–H groups in total. The van der Waals surface area contributed by atoms with E-state index in [1.807, 2.05) is 25.1 Å². The Morgan fingerprint density at radius 3 is 2.57 bits per heavy atom. The van der Waals surface area contributed by atoms with Gasteiger partial charge in [-0.2, -0.15) is 0 Å². The highest BCUT2D eigenvalue weighted by molar-refractivity contribution is 7.99. The highest BCUT2D eigenvalue weighted by Crippen LogP contribution is 2.34. The normalized spacial score (nSPS) is 12.3. The molecule has 6 nitrogen and oxygen atoms in total. The largest absolute Gasteiger partial charge is 0.495 e. The first-order valence-corrected chi connectivity index (χ1v) is 11.8. The van der Waals surface area contributed by atoms with Crippen molar-refractivity contribution in [3.05, 3.63) is 47.5 Å². The van der Waals surface area contributed by atoms with Crippen molar-refractivity contribution < 1.29 is 17.9 Å². The van der Waals surface area contributed by atoms with Gasteiger partial charge in [0.2, 0.25) is 15.9 Å². The number of carbonyl (C=O) groups is 1. The third kappa shape index (κ3) is 5.33. The lowest BCUT2D eigenvalue weighted by Crippen LogP contribution is -2.45. The van der Waals surface area contributed by atoms with Crippen molar-refractivity contribution in [2.75, 3.05) is 28.7 Å². The van der Waals surface area contributed by atoms with E-state index in [4.69, 9.17) is 16.3 Å². The minimum Gasteiger partial charge on any atom is -0.495 e. The molecule has 0 heterocycles. The summed E-state index contributed by atoms with van der Waals surface area (Å²) in [6.07, 6.45) is 1.04. The molecule has 1 atom stereocenters. The molecule has 0 aromatic heterocycles. The zero-order valence-corrected chi connectivity index (χ0v) is 18.5. The van der Waals surface area contributed by atoms with E-state index < -0.39 is 22.0 Å². The summed E-state index contributed by atoms with van der Waals surface area (Å²) in [7, 11) is -2.37. The zero-order chi connectivity index (χ0) is 20.9. The molecule has 152 valence electrons. The Bertz CT molecular complexity index is 951. The number of nitrogens with one attached hydrogen (secondary N) is 1. The fraction of sp³-hybridized carbons (Fsp3) is 0.316. The first kappa shape index (κ1) is 22.4. The number of methoxy groups -OCH3 is 1. The van der Waals surface area contributed by atoms with Crippen LogP contribution in [0.4, 0.5) is 11.4 Å². The molecule has 1 unspecified atom stereocenters. The van der Waals surface area contributed by atoms with E-state index in [1.54, 1.807) is 30.0 Å². The maximum Gasteiger partial charge on any atom is 0.248 e. The van der Waals surface area contributed by atoms with Gasteiger partial charge < -0.3 is 10.1 Å². The van der Waals surface area contributed by atoms with Crippen LogP contribution in [0, 0.1) is 0 Å². The van der Waals surface area contributed by atoms with Crippen molar-refractivity contribution in [1.82, 2.24) is 0 Å². The molecule has 0 aliphatic carbocycles. The Labute approximate surface area is 175 Å². The minimum atomic E-state index is -3.80. The van der Waals surface area contributed by atoms with Crippen molar-refractivity contribution in [1.29, 1.82) is 0 Å². The standard InChI is InChI=1S/C19H23ClN2O4S2/c1-5-27-18-9-7-6-8-15(18)21-19(23)13(2)22(28(4,24)25)16-12-14(20)10-11-17(16)26-3/h6-13H,5H2,1-4H3,(H,21,23). The summed E-state index contributed by atoms with van der Waals surface area (Å²) < 4.78 is 31.3. The Balaban J connectivity index is 2.41. The second-order valence-electron chi connectivity index (χ2n) is 5.97. The number of halogens is 1. The summed E-state index contributed by atoms with van der Waals surface area (Å²) in [4.78, 5) is 13.8. The van der Waals surface area contributed by atoms with Crippen molar-refractivity contribution in [2.24, 2.45) is 0 Å². The fourth-order valence-electron chi connectivity index (χ4n) is 2.70. The predicted octanol–water partition coefficient (Wildman–Crippen LogP) is 4.25. The first-order chi connectivity index (χ1) is 13.2. The third-order valence-corrected chi connectivity index (χ3v) is 6.33. The average molecular weight is 443 g/mol. The van der Waals surface area contributed by atoms with Gasteiger partial charge in [0.1, 0.15) is 11.8 Å². The molecular formula is C19H23ClN2O4S2. The van der Waals surface area contributed by atoms with Crippen LogP contribution < -0.4 is 14.4 Å². The number of nitrogens with zero attached hydrogens (tertiary/aromatic N) is 1. The number of para-hydroxylation sites is 1. The topological polar surface area (TPSA) is 75.7 Å². The molecule has 0 fully saturated rings. The van der Waals surface area contributed by atoms with E-state index in [0.29, 0.717) is 16.5 Å². The molecule has 0 bridgehead atoms. The lowest BCUT2D eigenvalue weighted by Gasteiger charge is -2.29. The molecule has 2 aromatic rings. The van der Waals surface area contributed by atoms with Gasteiger partial charge in [0.25, 0.3) is 0 Å². The number of amides is 1. The Kier molecular flexibility index (Phi) is 7.63. The maximum absolute atomic E-state index is 12.9. The van der Waals surface area contributed by atoms with Crippen LogP contribution in [0.2, 0.25) is 5.02 Å². The number of ether oxygens (including phenoxy) is 1. The molecule has 0 aliphatic heterocycles. The minimum absolute atomic E-state index is 0.205. The van der Waals surface area contributed by atoms with Gasteiger partial charge in [-0.25, -0.2) is 8.42 Å². The number of benzene rings is 2. The number of hydrogen-bond donors (Lipinski definition) is 1. The average Bonchev–Trinajstić information content (AvgIpc) is 2.62. The molecule has 2 rings (SSSR count). The fourth-order valence-corrected chi connectivity index (χ4v) is 4.80. The van der Waals surface area contributed by atoms with Crippen molar-refractivity contribution in [3.8, 4) is 5.75 Å². The number of hydrogen-bond acceptors (Lipinski definition) is 5. The highest BCUT2D eigenvalue weighted by Gasteiger charge is 2.31. The van der Waals surface area contributed by atoms with E-state index in [-0.39, 0.29) is 5.69 Å². The van der Waals surface area contributed by atoms with Crippen molar-refractivity contribution in [3.63, 3.8) is 0 Å². The van der Waals surface area contributed by atoms with Crippen LogP contribution in [0.3, 0.4) is 0 Å². The Hall–Kier alpha value is -1.90. The van der Waals surface area contributed by atoms with Crippen LogP contribution in [-0.2, 0) is 14.8 Å². The summed E-state index contributed by atoms with van der Waals surface area (Å²) in [6.45, 7) is 3.54. The van der Waals surface area contributed by atoms with Gasteiger partial charge >= 0.3 is 0 Å². The number of anilines is 2. The van der Waals surface area contributed by atoms with Gasteiger partial charge in [-0.1, -0.05) is 30.7 Å². The van der Waals surface area contributed by atoms with Gasteiger partial charge in [-0.3, -0.25) is 9.10 Å². The summed E-state index contributed by atoms with van der Waals surface area (Å²) in [5, 5.41) is 3.16. The van der Waals surface area contributed by atoms with Crippen LogP contribution in [-0.4, -0.2) is 39.5 Å². The van der Waals surface area contributed by atoms with Gasteiger partial charge in [0.05, 0.1) is 24.7 Å². The summed E-state index contributed by atoms with van der Waals surface area (Å²) >= 11 is 7.65. The molecule has 9 heteroatoms. The predicted molar refractivity (Wildman–Crippen MR) is 116 cm³/mol. The lowest BCUT2D eigenvalue weighted by atomic mass is 10.2. The second-order valence-corrected chi connectivity index (χ2v) is 9.57. The van der Waals surface area contributed by atoms with E-state index in [2.05, 4.69) is 5.32 Å². The SMILES string of the molecule is CCSc1ccccc1NC(=O)C(C)N(c1cc(Cl)ccc1OC)S(C)(=O)=O. The van der Waals surface area contributed by atoms with Crippen LogP contribution >= 0.6 is 23.4 Å². The van der Waals surface area contributed by atoms with E-state index in [9.17, 15) is 13.2 Å². The molecule has 28 heavy (non-hydrogen) atoms. The number of carbonyl (C=O) groups excluding carboxylic acids is 1. The van der Waals surface area contributed by atoms with Crippen molar-refractivity contribution in [2.45, 2.75) is 24.8 Å². The number of rotatable bonds is 8. The second kappa shape index (κ2) is 9.54. The Morgan fingerprint density at radius 1 is 1.29 bits per heavy atom. The monoisotopic (exact) mass is 442 g/mol. The van der Waals surface area contributed by atoms with E-state index in [1.165, 1.54) is 20.1 Å². The third-order valence-electron chi connectivity index (χ3n) is 3.91. The van der Waals surface area contributed by atoms with Crippen LogP contribution in [0.1, 0.15) is 13.8 Å². The van der Waals surface area contributed by atoms with Gasteiger partial charge in [-0.05, 0) is 43.0 Å². The molecule has 0 radical (unpaired) electrons. The van der Waals surface area contributed by atoms with E-state index in [0.717, 1.165) is 21.2 Å². The van der Waals surface area contributed by atoms with Crippen LogP contribution in [0.25, 0.3) is 0 Å².